The minimum Gasteiger partial charge on any atom is -0.477 e. The van der Waals surface area contributed by atoms with Crippen LogP contribution in [0.5, 0.6) is 0 Å². The molecule has 1 aromatic heterocycles. The summed E-state index contributed by atoms with van der Waals surface area (Å²) in [4.78, 5) is 11.3. The molecular formula is C14H16ClN3O2. The topological polar surface area (TPSA) is 67.2 Å². The van der Waals surface area contributed by atoms with Gasteiger partial charge >= 0.3 is 5.97 Å². The molecule has 0 aliphatic rings. The molecule has 5 nitrogen and oxygen atoms in total. The second-order valence-corrected chi connectivity index (χ2v) is 5.10. The third-order valence-electron chi connectivity index (χ3n) is 3.14. The molecular weight excluding hydrogens is 278 g/mol. The largest absolute Gasteiger partial charge is 0.477 e. The summed E-state index contributed by atoms with van der Waals surface area (Å²) in [7, 11) is 1.71. The van der Waals surface area contributed by atoms with Crippen LogP contribution < -0.4 is 5.32 Å². The van der Waals surface area contributed by atoms with E-state index in [2.05, 4.69) is 10.4 Å². The molecule has 1 heterocycles. The van der Waals surface area contributed by atoms with E-state index in [-0.39, 0.29) is 11.6 Å². The average molecular weight is 294 g/mol. The Morgan fingerprint density at radius 2 is 2.20 bits per heavy atom. The monoisotopic (exact) mass is 293 g/mol. The minimum absolute atomic E-state index is 0.0819. The third-order valence-corrected chi connectivity index (χ3v) is 3.37. The van der Waals surface area contributed by atoms with Gasteiger partial charge in [-0.25, -0.2) is 4.79 Å². The van der Waals surface area contributed by atoms with E-state index >= 15 is 0 Å². The number of nitrogens with one attached hydrogen (secondary N) is 1. The summed E-state index contributed by atoms with van der Waals surface area (Å²) in [5.41, 5.74) is 1.66. The molecule has 0 fully saturated rings. The molecule has 106 valence electrons. The number of aromatic nitrogens is 2. The summed E-state index contributed by atoms with van der Waals surface area (Å²) in [5, 5.41) is 17.3. The van der Waals surface area contributed by atoms with Crippen LogP contribution in [0.3, 0.4) is 0 Å². The van der Waals surface area contributed by atoms with Crippen molar-refractivity contribution in [3.05, 3.63) is 46.1 Å². The lowest BCUT2D eigenvalue weighted by atomic mass is 10.1. The highest BCUT2D eigenvalue weighted by Crippen LogP contribution is 2.25. The Morgan fingerprint density at radius 3 is 2.80 bits per heavy atom. The fourth-order valence-corrected chi connectivity index (χ4v) is 2.34. The summed E-state index contributed by atoms with van der Waals surface area (Å²) in [6, 6.07) is 7.37. The Balaban J connectivity index is 2.33. The Kier molecular flexibility index (Phi) is 3.99. The number of hydrogen-bond acceptors (Lipinski definition) is 3. The lowest BCUT2D eigenvalue weighted by molar-refractivity contribution is 0.0697. The first-order valence-corrected chi connectivity index (χ1v) is 6.57. The lowest BCUT2D eigenvalue weighted by Gasteiger charge is -2.16. The predicted octanol–water partition coefficient (Wildman–Crippen LogP) is 3.25. The van der Waals surface area contributed by atoms with Gasteiger partial charge in [0.1, 0.15) is 11.4 Å². The number of halogens is 1. The van der Waals surface area contributed by atoms with Gasteiger partial charge in [-0.1, -0.05) is 23.7 Å². The Bertz CT molecular complexity index is 652. The number of hydrogen-bond donors (Lipinski definition) is 2. The molecule has 1 aromatic carbocycles. The number of carboxylic acids is 1. The molecule has 6 heteroatoms. The summed E-state index contributed by atoms with van der Waals surface area (Å²) >= 11 is 5.97. The van der Waals surface area contributed by atoms with Crippen LogP contribution in [0.25, 0.3) is 0 Å². The van der Waals surface area contributed by atoms with Gasteiger partial charge in [0, 0.05) is 12.1 Å². The van der Waals surface area contributed by atoms with Gasteiger partial charge < -0.3 is 10.4 Å². The first-order chi connectivity index (χ1) is 9.40. The van der Waals surface area contributed by atoms with Crippen LogP contribution in [0, 0.1) is 6.92 Å². The number of anilines is 1. The van der Waals surface area contributed by atoms with Crippen molar-refractivity contribution < 1.29 is 9.90 Å². The van der Waals surface area contributed by atoms with Crippen molar-refractivity contribution in [3.63, 3.8) is 0 Å². The van der Waals surface area contributed by atoms with Crippen molar-refractivity contribution >= 4 is 23.4 Å². The second-order valence-electron chi connectivity index (χ2n) is 4.66. The Labute approximate surface area is 122 Å². The maximum absolute atomic E-state index is 11.3. The average Bonchev–Trinajstić information content (AvgIpc) is 2.64. The van der Waals surface area contributed by atoms with Crippen molar-refractivity contribution in [1.82, 2.24) is 9.78 Å². The van der Waals surface area contributed by atoms with Crippen molar-refractivity contribution in [1.29, 1.82) is 0 Å². The fourth-order valence-electron chi connectivity index (χ4n) is 2.14. The van der Waals surface area contributed by atoms with Crippen molar-refractivity contribution in [3.8, 4) is 0 Å². The van der Waals surface area contributed by atoms with Crippen LogP contribution in [-0.2, 0) is 7.05 Å². The van der Waals surface area contributed by atoms with Crippen LogP contribution in [0.4, 0.5) is 5.82 Å². The maximum atomic E-state index is 11.3. The molecule has 0 bridgehead atoms. The summed E-state index contributed by atoms with van der Waals surface area (Å²) in [6.07, 6.45) is 0. The molecule has 0 saturated heterocycles. The van der Waals surface area contributed by atoms with Gasteiger partial charge in [0.15, 0.2) is 0 Å². The van der Waals surface area contributed by atoms with E-state index in [1.807, 2.05) is 25.1 Å². The Morgan fingerprint density at radius 1 is 1.50 bits per heavy atom. The van der Waals surface area contributed by atoms with Gasteiger partial charge in [0.05, 0.1) is 11.7 Å². The van der Waals surface area contributed by atoms with E-state index in [0.29, 0.717) is 16.5 Å². The van der Waals surface area contributed by atoms with Crippen LogP contribution in [0.15, 0.2) is 24.3 Å². The number of nitrogens with zero attached hydrogens (tertiary/aromatic N) is 2. The van der Waals surface area contributed by atoms with Gasteiger partial charge in [-0.2, -0.15) is 5.10 Å². The minimum atomic E-state index is -0.989. The molecule has 2 aromatic rings. The zero-order chi connectivity index (χ0) is 14.9. The molecule has 0 spiro atoms. The fraction of sp³-hybridized carbons (Fsp3) is 0.286. The van der Waals surface area contributed by atoms with E-state index in [9.17, 15) is 9.90 Å². The maximum Gasteiger partial charge on any atom is 0.341 e. The SMILES string of the molecule is Cc1nn(C)c(NC(C)c2cccc(Cl)c2)c1C(=O)O. The van der Waals surface area contributed by atoms with Crippen molar-refractivity contribution in [2.45, 2.75) is 19.9 Å². The molecule has 1 unspecified atom stereocenters. The van der Waals surface area contributed by atoms with E-state index in [1.165, 1.54) is 0 Å². The van der Waals surface area contributed by atoms with Crippen LogP contribution >= 0.6 is 11.6 Å². The number of rotatable bonds is 4. The zero-order valence-electron chi connectivity index (χ0n) is 11.5. The summed E-state index contributed by atoms with van der Waals surface area (Å²) < 4.78 is 1.54. The molecule has 0 radical (unpaired) electrons. The number of benzene rings is 1. The van der Waals surface area contributed by atoms with E-state index in [4.69, 9.17) is 11.6 Å². The second kappa shape index (κ2) is 5.54. The van der Waals surface area contributed by atoms with Crippen LogP contribution in [0.2, 0.25) is 5.02 Å². The van der Waals surface area contributed by atoms with Gasteiger partial charge in [0.25, 0.3) is 0 Å². The first-order valence-electron chi connectivity index (χ1n) is 6.19. The van der Waals surface area contributed by atoms with Crippen molar-refractivity contribution in [2.75, 3.05) is 5.32 Å². The van der Waals surface area contributed by atoms with Crippen molar-refractivity contribution in [2.24, 2.45) is 7.05 Å². The first kappa shape index (κ1) is 14.4. The molecule has 2 rings (SSSR count). The highest BCUT2D eigenvalue weighted by atomic mass is 35.5. The van der Waals surface area contributed by atoms with Gasteiger partial charge in [0.2, 0.25) is 0 Å². The predicted molar refractivity (Wildman–Crippen MR) is 78.4 cm³/mol. The molecule has 20 heavy (non-hydrogen) atoms. The normalized spacial score (nSPS) is 12.2. The lowest BCUT2D eigenvalue weighted by Crippen LogP contribution is -2.13. The number of aryl methyl sites for hydroxylation is 2. The molecule has 1 atom stereocenters. The highest BCUT2D eigenvalue weighted by Gasteiger charge is 2.21. The standard InChI is InChI=1S/C14H16ClN3O2/c1-8(10-5-4-6-11(15)7-10)16-13-12(14(19)20)9(2)17-18(13)3/h4-8,16H,1-3H3,(H,19,20). The summed E-state index contributed by atoms with van der Waals surface area (Å²) in [5.74, 6) is -0.501. The van der Waals surface area contributed by atoms with Gasteiger partial charge in [-0.3, -0.25) is 4.68 Å². The quantitative estimate of drug-likeness (QED) is 0.908. The van der Waals surface area contributed by atoms with E-state index in [0.717, 1.165) is 5.56 Å². The molecule has 0 aliphatic heterocycles. The Hall–Kier alpha value is -2.01. The molecule has 0 aliphatic carbocycles. The van der Waals surface area contributed by atoms with Crippen LogP contribution in [0.1, 0.15) is 34.6 Å². The third kappa shape index (κ3) is 2.77. The number of carboxylic acid groups (broad SMARTS) is 1. The van der Waals surface area contributed by atoms with Gasteiger partial charge in [-0.15, -0.1) is 0 Å². The molecule has 2 N–H and O–H groups in total. The van der Waals surface area contributed by atoms with Gasteiger partial charge in [-0.05, 0) is 31.5 Å². The van der Waals surface area contributed by atoms with E-state index in [1.54, 1.807) is 24.7 Å². The van der Waals surface area contributed by atoms with E-state index < -0.39 is 5.97 Å². The summed E-state index contributed by atoms with van der Waals surface area (Å²) in [6.45, 7) is 3.62. The highest BCUT2D eigenvalue weighted by molar-refractivity contribution is 6.30. The molecule has 0 amide bonds. The zero-order valence-corrected chi connectivity index (χ0v) is 12.3. The number of aromatic carboxylic acids is 1. The molecule has 0 saturated carbocycles. The van der Waals surface area contributed by atoms with Crippen LogP contribution in [-0.4, -0.2) is 20.9 Å². The number of carbonyl (C=O) groups is 1. The smallest absolute Gasteiger partial charge is 0.341 e.